The molecule has 0 fully saturated rings. The van der Waals surface area contributed by atoms with Crippen LogP contribution in [0, 0.1) is 0 Å². The van der Waals surface area contributed by atoms with Crippen LogP contribution in [0.2, 0.25) is 0 Å². The summed E-state index contributed by atoms with van der Waals surface area (Å²) in [5.41, 5.74) is 13.4. The topological polar surface area (TPSA) is 23.0 Å². The largest absolute Gasteiger partial charge is 0.455 e. The van der Waals surface area contributed by atoms with Crippen LogP contribution in [0.4, 0.5) is 0 Å². The molecule has 0 saturated heterocycles. The molecule has 51 heavy (non-hydrogen) atoms. The third-order valence-corrected chi connectivity index (χ3v) is 10.5. The SMILES string of the molecule is c1ccc(-c2ccc3oc4c(ccc5c4c4ccc(-n6c7ccccc7c7ccccc76)cc4n5-c4ccccc4-c4ccccc4)c3c2)cc1. The number of hydrogen-bond donors (Lipinski definition) is 0. The third-order valence-electron chi connectivity index (χ3n) is 10.5. The van der Waals surface area contributed by atoms with Gasteiger partial charge in [0.05, 0.1) is 33.1 Å². The Morgan fingerprint density at radius 2 is 1.00 bits per heavy atom. The summed E-state index contributed by atoms with van der Waals surface area (Å²) in [7, 11) is 0. The lowest BCUT2D eigenvalue weighted by molar-refractivity contribution is 0.673. The van der Waals surface area contributed by atoms with Gasteiger partial charge in [-0.15, -0.1) is 0 Å². The van der Waals surface area contributed by atoms with Crippen LogP contribution in [0.15, 0.2) is 186 Å². The maximum atomic E-state index is 6.83. The standard InChI is InChI=1S/C48H30N2O/c1-3-13-31(14-4-1)33-23-28-46-40(29-33)38-26-27-44-47(48(38)51-46)39-25-24-34(49-42-21-11-8-18-36(42)37-19-9-12-22-43(37)49)30-45(39)50(44)41-20-10-7-17-35(41)32-15-5-2-6-16-32/h1-30H. The third kappa shape index (κ3) is 4.12. The van der Waals surface area contributed by atoms with E-state index in [4.69, 9.17) is 4.42 Å². The molecule has 11 aromatic rings. The number of hydrogen-bond acceptors (Lipinski definition) is 1. The van der Waals surface area contributed by atoms with Crippen LogP contribution in [-0.2, 0) is 0 Å². The minimum Gasteiger partial charge on any atom is -0.455 e. The van der Waals surface area contributed by atoms with Crippen molar-refractivity contribution in [2.45, 2.75) is 0 Å². The summed E-state index contributed by atoms with van der Waals surface area (Å²) < 4.78 is 11.7. The Bertz CT molecular complexity index is 3070. The van der Waals surface area contributed by atoms with Gasteiger partial charge in [-0.1, -0.05) is 121 Å². The van der Waals surface area contributed by atoms with Gasteiger partial charge in [0.25, 0.3) is 0 Å². The summed E-state index contributed by atoms with van der Waals surface area (Å²) in [6.07, 6.45) is 0. The molecule has 11 rings (SSSR count). The van der Waals surface area contributed by atoms with Crippen LogP contribution in [0.3, 0.4) is 0 Å². The Hall–Kier alpha value is -6.84. The number of furan rings is 1. The molecule has 3 heteroatoms. The molecule has 3 nitrogen and oxygen atoms in total. The van der Waals surface area contributed by atoms with E-state index in [2.05, 4.69) is 191 Å². The van der Waals surface area contributed by atoms with Crippen molar-refractivity contribution < 1.29 is 4.42 Å². The fourth-order valence-electron chi connectivity index (χ4n) is 8.26. The Balaban J connectivity index is 1.25. The number of nitrogens with zero attached hydrogens (tertiary/aromatic N) is 2. The monoisotopic (exact) mass is 650 g/mol. The summed E-state index contributed by atoms with van der Waals surface area (Å²) >= 11 is 0. The predicted molar refractivity (Wildman–Crippen MR) is 213 cm³/mol. The molecule has 0 aliphatic rings. The summed E-state index contributed by atoms with van der Waals surface area (Å²) in [6, 6.07) is 65.4. The average molecular weight is 651 g/mol. The molecule has 0 bridgehead atoms. The lowest BCUT2D eigenvalue weighted by atomic mass is 10.0. The van der Waals surface area contributed by atoms with Crippen LogP contribution in [0.25, 0.3) is 99.2 Å². The number of fused-ring (bicyclic) bond motifs is 10. The number of para-hydroxylation sites is 3. The van der Waals surface area contributed by atoms with Crippen molar-refractivity contribution in [1.29, 1.82) is 0 Å². The summed E-state index contributed by atoms with van der Waals surface area (Å²) in [4.78, 5) is 0. The van der Waals surface area contributed by atoms with E-state index in [9.17, 15) is 0 Å². The highest BCUT2D eigenvalue weighted by Gasteiger charge is 2.22. The van der Waals surface area contributed by atoms with Crippen molar-refractivity contribution in [1.82, 2.24) is 9.13 Å². The van der Waals surface area contributed by atoms with Crippen LogP contribution in [0.1, 0.15) is 0 Å². The van der Waals surface area contributed by atoms with Crippen molar-refractivity contribution in [2.75, 3.05) is 0 Å². The Labute approximate surface area is 293 Å². The quantitative estimate of drug-likeness (QED) is 0.186. The molecule has 0 unspecified atom stereocenters. The van der Waals surface area contributed by atoms with Gasteiger partial charge in [-0.3, -0.25) is 0 Å². The minimum absolute atomic E-state index is 0.893. The van der Waals surface area contributed by atoms with Gasteiger partial charge in [-0.05, 0) is 77.4 Å². The van der Waals surface area contributed by atoms with Gasteiger partial charge in [0, 0.05) is 38.2 Å². The second-order valence-corrected chi connectivity index (χ2v) is 13.3. The maximum Gasteiger partial charge on any atom is 0.145 e. The normalized spacial score (nSPS) is 11.9. The van der Waals surface area contributed by atoms with E-state index >= 15 is 0 Å². The van der Waals surface area contributed by atoms with E-state index in [-0.39, 0.29) is 0 Å². The lowest BCUT2D eigenvalue weighted by Gasteiger charge is -2.15. The first-order valence-corrected chi connectivity index (χ1v) is 17.4. The molecule has 0 saturated carbocycles. The highest BCUT2D eigenvalue weighted by atomic mass is 16.3. The molecule has 0 spiro atoms. The van der Waals surface area contributed by atoms with E-state index in [1.54, 1.807) is 0 Å². The van der Waals surface area contributed by atoms with Gasteiger partial charge in [-0.25, -0.2) is 0 Å². The molecular weight excluding hydrogens is 621 g/mol. The zero-order valence-corrected chi connectivity index (χ0v) is 27.6. The first-order chi connectivity index (χ1) is 25.3. The molecule has 238 valence electrons. The van der Waals surface area contributed by atoms with Gasteiger partial charge < -0.3 is 13.6 Å². The van der Waals surface area contributed by atoms with Gasteiger partial charge >= 0.3 is 0 Å². The fourth-order valence-corrected chi connectivity index (χ4v) is 8.26. The highest BCUT2D eigenvalue weighted by Crippen LogP contribution is 2.44. The minimum atomic E-state index is 0.893. The van der Waals surface area contributed by atoms with Gasteiger partial charge in [0.15, 0.2) is 0 Å². The van der Waals surface area contributed by atoms with Crippen LogP contribution in [0.5, 0.6) is 0 Å². The summed E-state index contributed by atoms with van der Waals surface area (Å²) in [5, 5.41) is 7.03. The molecule has 0 aliphatic carbocycles. The van der Waals surface area contributed by atoms with Gasteiger partial charge in [0.2, 0.25) is 0 Å². The Morgan fingerprint density at radius 1 is 0.353 bits per heavy atom. The van der Waals surface area contributed by atoms with Crippen LogP contribution in [-0.4, -0.2) is 9.13 Å². The number of aromatic nitrogens is 2. The summed E-state index contributed by atoms with van der Waals surface area (Å²) in [6.45, 7) is 0. The zero-order valence-electron chi connectivity index (χ0n) is 27.6. The molecule has 3 heterocycles. The van der Waals surface area contributed by atoms with Gasteiger partial charge in [-0.2, -0.15) is 0 Å². The molecule has 0 atom stereocenters. The van der Waals surface area contributed by atoms with Crippen LogP contribution < -0.4 is 0 Å². The van der Waals surface area contributed by atoms with E-state index < -0.39 is 0 Å². The molecular formula is C48H30N2O. The molecule has 3 aromatic heterocycles. The Morgan fingerprint density at radius 3 is 1.76 bits per heavy atom. The van der Waals surface area contributed by atoms with Crippen LogP contribution >= 0.6 is 0 Å². The summed E-state index contributed by atoms with van der Waals surface area (Å²) in [5.74, 6) is 0. The molecule has 0 aliphatic heterocycles. The highest BCUT2D eigenvalue weighted by molar-refractivity contribution is 6.24. The smallest absolute Gasteiger partial charge is 0.145 e. The van der Waals surface area contributed by atoms with Crippen molar-refractivity contribution in [3.05, 3.63) is 182 Å². The molecule has 0 radical (unpaired) electrons. The van der Waals surface area contributed by atoms with Crippen molar-refractivity contribution in [3.8, 4) is 33.6 Å². The first kappa shape index (κ1) is 28.0. The van der Waals surface area contributed by atoms with Gasteiger partial charge in [0.1, 0.15) is 11.2 Å². The van der Waals surface area contributed by atoms with Crippen molar-refractivity contribution in [2.24, 2.45) is 0 Å². The average Bonchev–Trinajstić information content (AvgIpc) is 3.85. The van der Waals surface area contributed by atoms with E-state index in [1.165, 1.54) is 44.1 Å². The first-order valence-electron chi connectivity index (χ1n) is 17.4. The predicted octanol–water partition coefficient (Wildman–Crippen LogP) is 13.1. The fraction of sp³-hybridized carbons (Fsp3) is 0. The number of benzene rings is 8. The van der Waals surface area contributed by atoms with E-state index in [0.717, 1.165) is 55.1 Å². The second kappa shape index (κ2) is 10.8. The second-order valence-electron chi connectivity index (χ2n) is 13.3. The number of rotatable bonds is 4. The maximum absolute atomic E-state index is 6.83. The Kier molecular flexibility index (Phi) is 5.96. The van der Waals surface area contributed by atoms with Crippen molar-refractivity contribution >= 4 is 65.6 Å². The lowest BCUT2D eigenvalue weighted by Crippen LogP contribution is -1.98. The van der Waals surface area contributed by atoms with E-state index in [1.807, 2.05) is 0 Å². The zero-order chi connectivity index (χ0) is 33.5. The molecule has 0 amide bonds. The molecule has 0 N–H and O–H groups in total. The van der Waals surface area contributed by atoms with Crippen molar-refractivity contribution in [3.63, 3.8) is 0 Å². The van der Waals surface area contributed by atoms with E-state index in [0.29, 0.717) is 0 Å². The molecule has 8 aromatic carbocycles.